The second kappa shape index (κ2) is 8.08. The standard InChI is InChI=1S/C14H28N2O2.ClH/c1-4-14(15,5-2)11-16-12(17)13(7-6-8-13)9-10-18-3;/h4-11,15H2,1-3H3,(H,16,17);1H. The van der Waals surface area contributed by atoms with E-state index in [-0.39, 0.29) is 29.3 Å². The van der Waals surface area contributed by atoms with Gasteiger partial charge in [-0.3, -0.25) is 4.79 Å². The van der Waals surface area contributed by atoms with E-state index in [0.717, 1.165) is 38.5 Å². The van der Waals surface area contributed by atoms with Crippen LogP contribution < -0.4 is 11.1 Å². The molecule has 0 aliphatic heterocycles. The highest BCUT2D eigenvalue weighted by Gasteiger charge is 2.43. The van der Waals surface area contributed by atoms with Crippen molar-refractivity contribution in [2.45, 2.75) is 57.9 Å². The van der Waals surface area contributed by atoms with Gasteiger partial charge in [0.05, 0.1) is 5.41 Å². The van der Waals surface area contributed by atoms with Crippen LogP contribution >= 0.6 is 12.4 Å². The Hall–Kier alpha value is -0.320. The Morgan fingerprint density at radius 3 is 2.32 bits per heavy atom. The molecule has 1 aliphatic carbocycles. The monoisotopic (exact) mass is 292 g/mol. The lowest BCUT2D eigenvalue weighted by Gasteiger charge is -2.41. The van der Waals surface area contributed by atoms with Crippen LogP contribution in [-0.4, -0.2) is 31.7 Å². The number of carbonyl (C=O) groups is 1. The first-order valence-electron chi connectivity index (χ1n) is 7.08. The molecular weight excluding hydrogens is 264 g/mol. The molecule has 0 aromatic carbocycles. The van der Waals surface area contributed by atoms with E-state index in [0.29, 0.717) is 13.2 Å². The lowest BCUT2D eigenvalue weighted by Crippen LogP contribution is -2.54. The SMILES string of the molecule is CCC(N)(CC)CNC(=O)C1(CCOC)CCC1.Cl. The normalized spacial score (nSPS) is 17.3. The van der Waals surface area contributed by atoms with E-state index < -0.39 is 0 Å². The number of methoxy groups -OCH3 is 1. The number of hydrogen-bond donors (Lipinski definition) is 2. The summed E-state index contributed by atoms with van der Waals surface area (Å²) < 4.78 is 5.11. The van der Waals surface area contributed by atoms with Crippen molar-refractivity contribution in [2.75, 3.05) is 20.3 Å². The van der Waals surface area contributed by atoms with E-state index >= 15 is 0 Å². The Bertz CT molecular complexity index is 277. The summed E-state index contributed by atoms with van der Waals surface area (Å²) in [6.07, 6.45) is 5.71. The molecule has 1 saturated carbocycles. The van der Waals surface area contributed by atoms with Crippen molar-refractivity contribution in [2.24, 2.45) is 11.1 Å². The fourth-order valence-corrected chi connectivity index (χ4v) is 2.44. The highest BCUT2D eigenvalue weighted by Crippen LogP contribution is 2.44. The summed E-state index contributed by atoms with van der Waals surface area (Å²) in [6, 6.07) is 0. The predicted molar refractivity (Wildman–Crippen MR) is 80.5 cm³/mol. The number of carbonyl (C=O) groups excluding carboxylic acids is 1. The van der Waals surface area contributed by atoms with Gasteiger partial charge in [0, 0.05) is 25.8 Å². The Kier molecular flexibility index (Phi) is 7.94. The summed E-state index contributed by atoms with van der Waals surface area (Å²) in [4.78, 5) is 12.3. The van der Waals surface area contributed by atoms with Crippen LogP contribution in [0.1, 0.15) is 52.4 Å². The van der Waals surface area contributed by atoms with Gasteiger partial charge in [0.1, 0.15) is 0 Å². The smallest absolute Gasteiger partial charge is 0.226 e. The predicted octanol–water partition coefficient (Wildman–Crippen LogP) is 2.25. The van der Waals surface area contributed by atoms with Gasteiger partial charge in [-0.05, 0) is 32.1 Å². The summed E-state index contributed by atoms with van der Waals surface area (Å²) in [6.45, 7) is 5.37. The molecule has 0 unspecified atom stereocenters. The zero-order valence-corrected chi connectivity index (χ0v) is 13.3. The van der Waals surface area contributed by atoms with E-state index in [1.165, 1.54) is 0 Å². The van der Waals surface area contributed by atoms with Crippen LogP contribution in [0.4, 0.5) is 0 Å². The second-order valence-electron chi connectivity index (χ2n) is 5.63. The fraction of sp³-hybridized carbons (Fsp3) is 0.929. The first-order valence-corrected chi connectivity index (χ1v) is 7.08. The fourth-order valence-electron chi connectivity index (χ4n) is 2.44. The van der Waals surface area contributed by atoms with Gasteiger partial charge in [-0.25, -0.2) is 0 Å². The maximum atomic E-state index is 12.3. The quantitative estimate of drug-likeness (QED) is 0.721. The maximum absolute atomic E-state index is 12.3. The van der Waals surface area contributed by atoms with Crippen molar-refractivity contribution in [1.82, 2.24) is 5.32 Å². The lowest BCUT2D eigenvalue weighted by atomic mass is 9.66. The molecule has 0 radical (unpaired) electrons. The molecule has 3 N–H and O–H groups in total. The van der Waals surface area contributed by atoms with Gasteiger partial charge < -0.3 is 15.8 Å². The van der Waals surface area contributed by atoms with Gasteiger partial charge >= 0.3 is 0 Å². The van der Waals surface area contributed by atoms with E-state index in [1.54, 1.807) is 7.11 Å². The van der Waals surface area contributed by atoms with Crippen molar-refractivity contribution >= 4 is 18.3 Å². The lowest BCUT2D eigenvalue weighted by molar-refractivity contribution is -0.137. The molecule has 0 saturated heterocycles. The van der Waals surface area contributed by atoms with Crippen LogP contribution in [0, 0.1) is 5.41 Å². The van der Waals surface area contributed by atoms with E-state index in [1.807, 2.05) is 0 Å². The van der Waals surface area contributed by atoms with Crippen LogP contribution in [0.5, 0.6) is 0 Å². The molecule has 0 spiro atoms. The Labute approximate surface area is 123 Å². The van der Waals surface area contributed by atoms with Crippen LogP contribution in [0.3, 0.4) is 0 Å². The minimum absolute atomic E-state index is 0. The number of halogens is 1. The Balaban J connectivity index is 0.00000324. The molecule has 1 rings (SSSR count). The number of ether oxygens (including phenoxy) is 1. The van der Waals surface area contributed by atoms with E-state index in [2.05, 4.69) is 19.2 Å². The molecule has 114 valence electrons. The van der Waals surface area contributed by atoms with Crippen molar-refractivity contribution in [1.29, 1.82) is 0 Å². The largest absolute Gasteiger partial charge is 0.385 e. The molecule has 0 atom stereocenters. The van der Waals surface area contributed by atoms with Gasteiger partial charge in [-0.1, -0.05) is 20.3 Å². The van der Waals surface area contributed by atoms with Gasteiger partial charge in [-0.15, -0.1) is 12.4 Å². The van der Waals surface area contributed by atoms with Gasteiger partial charge in [-0.2, -0.15) is 0 Å². The molecular formula is C14H29ClN2O2. The van der Waals surface area contributed by atoms with Crippen LogP contribution in [-0.2, 0) is 9.53 Å². The van der Waals surface area contributed by atoms with Crippen LogP contribution in [0.15, 0.2) is 0 Å². The van der Waals surface area contributed by atoms with Crippen LogP contribution in [0.25, 0.3) is 0 Å². The Morgan fingerprint density at radius 1 is 1.37 bits per heavy atom. The third kappa shape index (κ3) is 4.62. The number of nitrogens with two attached hydrogens (primary N) is 1. The van der Waals surface area contributed by atoms with Gasteiger partial charge in [0.2, 0.25) is 5.91 Å². The summed E-state index contributed by atoms with van der Waals surface area (Å²) in [5.41, 5.74) is 5.76. The molecule has 0 bridgehead atoms. The average Bonchev–Trinajstić information content (AvgIpc) is 2.35. The average molecular weight is 293 g/mol. The topological polar surface area (TPSA) is 64.3 Å². The van der Waals surface area contributed by atoms with Gasteiger partial charge in [0.25, 0.3) is 0 Å². The summed E-state index contributed by atoms with van der Waals surface area (Å²) in [7, 11) is 1.68. The minimum Gasteiger partial charge on any atom is -0.385 e. The minimum atomic E-state index is -0.262. The summed E-state index contributed by atoms with van der Waals surface area (Å²) in [5.74, 6) is 0.169. The highest BCUT2D eigenvalue weighted by molar-refractivity contribution is 5.85. The Morgan fingerprint density at radius 2 is 1.95 bits per heavy atom. The number of rotatable bonds is 8. The first kappa shape index (κ1) is 18.7. The highest BCUT2D eigenvalue weighted by atomic mass is 35.5. The van der Waals surface area contributed by atoms with Crippen molar-refractivity contribution in [3.05, 3.63) is 0 Å². The zero-order valence-electron chi connectivity index (χ0n) is 12.5. The molecule has 19 heavy (non-hydrogen) atoms. The molecule has 1 aliphatic rings. The number of amides is 1. The zero-order chi connectivity index (χ0) is 13.6. The van der Waals surface area contributed by atoms with Crippen molar-refractivity contribution < 1.29 is 9.53 Å². The summed E-state index contributed by atoms with van der Waals surface area (Å²) in [5, 5.41) is 3.06. The molecule has 0 aromatic heterocycles. The molecule has 0 aromatic rings. The molecule has 4 nitrogen and oxygen atoms in total. The molecule has 5 heteroatoms. The van der Waals surface area contributed by atoms with Crippen molar-refractivity contribution in [3.63, 3.8) is 0 Å². The molecule has 1 amide bonds. The van der Waals surface area contributed by atoms with E-state index in [9.17, 15) is 4.79 Å². The van der Waals surface area contributed by atoms with Crippen molar-refractivity contribution in [3.8, 4) is 0 Å². The van der Waals surface area contributed by atoms with Crippen LogP contribution in [0.2, 0.25) is 0 Å². The third-order valence-corrected chi connectivity index (χ3v) is 4.59. The number of nitrogens with one attached hydrogen (secondary N) is 1. The van der Waals surface area contributed by atoms with Gasteiger partial charge in [0.15, 0.2) is 0 Å². The number of hydrogen-bond acceptors (Lipinski definition) is 3. The summed E-state index contributed by atoms with van der Waals surface area (Å²) >= 11 is 0. The van der Waals surface area contributed by atoms with E-state index in [4.69, 9.17) is 10.5 Å². The first-order chi connectivity index (χ1) is 8.52. The second-order valence-corrected chi connectivity index (χ2v) is 5.63. The third-order valence-electron chi connectivity index (χ3n) is 4.59. The maximum Gasteiger partial charge on any atom is 0.226 e. The molecule has 0 heterocycles. The molecule has 1 fully saturated rings.